The van der Waals surface area contributed by atoms with Gasteiger partial charge >= 0.3 is 0 Å². The van der Waals surface area contributed by atoms with Gasteiger partial charge in [0, 0.05) is 19.7 Å². The van der Waals surface area contributed by atoms with Crippen LogP contribution in [-0.2, 0) is 17.9 Å². The molecule has 1 aromatic heterocycles. The van der Waals surface area contributed by atoms with E-state index in [0.29, 0.717) is 13.2 Å². The van der Waals surface area contributed by atoms with Crippen LogP contribution in [0.4, 0.5) is 0 Å². The van der Waals surface area contributed by atoms with Crippen molar-refractivity contribution in [2.75, 3.05) is 7.11 Å². The minimum absolute atomic E-state index is 0.290. The molecular weight excluding hydrogens is 168 g/mol. The maximum Gasteiger partial charge on any atom is 0.102 e. The van der Waals surface area contributed by atoms with E-state index in [4.69, 9.17) is 10.5 Å². The molecule has 0 fully saturated rings. The molecule has 0 radical (unpaired) electrons. The molecule has 0 saturated heterocycles. The molecule has 0 atom stereocenters. The Morgan fingerprint density at radius 3 is 2.69 bits per heavy atom. The number of methoxy groups -OCH3 is 1. The van der Waals surface area contributed by atoms with Crippen molar-refractivity contribution < 1.29 is 4.74 Å². The van der Waals surface area contributed by atoms with E-state index in [-0.39, 0.29) is 6.04 Å². The van der Waals surface area contributed by atoms with Gasteiger partial charge in [0.1, 0.15) is 5.69 Å². The lowest BCUT2D eigenvalue weighted by Crippen LogP contribution is -2.10. The molecule has 0 saturated carbocycles. The number of rotatable bonds is 4. The Kier molecular flexibility index (Phi) is 3.39. The molecule has 2 N–H and O–H groups in total. The summed E-state index contributed by atoms with van der Waals surface area (Å²) in [5.74, 6) is 0. The fraction of sp³-hybridized carbons (Fsp3) is 0.750. The molecule has 74 valence electrons. The van der Waals surface area contributed by atoms with Gasteiger partial charge in [-0.05, 0) is 13.8 Å². The van der Waals surface area contributed by atoms with Gasteiger partial charge in [0.25, 0.3) is 0 Å². The van der Waals surface area contributed by atoms with Gasteiger partial charge < -0.3 is 10.5 Å². The molecule has 0 aromatic carbocycles. The molecule has 0 unspecified atom stereocenters. The van der Waals surface area contributed by atoms with Crippen molar-refractivity contribution in [3.8, 4) is 0 Å². The third kappa shape index (κ3) is 2.05. The third-order valence-corrected chi connectivity index (χ3v) is 1.83. The number of hydrogen-bond acceptors (Lipinski definition) is 4. The van der Waals surface area contributed by atoms with Gasteiger partial charge in [-0.15, -0.1) is 5.10 Å². The van der Waals surface area contributed by atoms with Crippen molar-refractivity contribution >= 4 is 0 Å². The first kappa shape index (κ1) is 10.1. The van der Waals surface area contributed by atoms with E-state index in [9.17, 15) is 0 Å². The van der Waals surface area contributed by atoms with Gasteiger partial charge in [-0.2, -0.15) is 0 Å². The zero-order valence-corrected chi connectivity index (χ0v) is 8.32. The summed E-state index contributed by atoms with van der Waals surface area (Å²) < 4.78 is 6.90. The van der Waals surface area contributed by atoms with E-state index in [1.165, 1.54) is 0 Å². The van der Waals surface area contributed by atoms with E-state index in [1.807, 2.05) is 18.5 Å². The second-order valence-corrected chi connectivity index (χ2v) is 3.16. The summed E-state index contributed by atoms with van der Waals surface area (Å²) in [6.45, 7) is 5.02. The minimum atomic E-state index is 0.290. The maximum absolute atomic E-state index is 5.52. The minimum Gasteiger partial charge on any atom is -0.378 e. The van der Waals surface area contributed by atoms with Gasteiger partial charge in [0.05, 0.1) is 12.3 Å². The Bertz CT molecular complexity index is 269. The third-order valence-electron chi connectivity index (χ3n) is 1.83. The van der Waals surface area contributed by atoms with Crippen LogP contribution in [0.1, 0.15) is 31.3 Å². The van der Waals surface area contributed by atoms with Crippen LogP contribution >= 0.6 is 0 Å². The monoisotopic (exact) mass is 184 g/mol. The standard InChI is InChI=1S/C8H16N4O/c1-6(2)12-8(5-13-3)7(4-9)10-11-12/h6H,4-5,9H2,1-3H3. The molecule has 5 heteroatoms. The molecule has 0 aliphatic heterocycles. The highest BCUT2D eigenvalue weighted by Crippen LogP contribution is 2.11. The molecule has 13 heavy (non-hydrogen) atoms. The lowest BCUT2D eigenvalue weighted by Gasteiger charge is -2.09. The van der Waals surface area contributed by atoms with Crippen LogP contribution in [0.2, 0.25) is 0 Å². The van der Waals surface area contributed by atoms with Crippen LogP contribution in [0.3, 0.4) is 0 Å². The number of aromatic nitrogens is 3. The van der Waals surface area contributed by atoms with Crippen molar-refractivity contribution in [3.05, 3.63) is 11.4 Å². The van der Waals surface area contributed by atoms with E-state index < -0.39 is 0 Å². The quantitative estimate of drug-likeness (QED) is 0.738. The topological polar surface area (TPSA) is 66.0 Å². The Balaban J connectivity index is 2.99. The molecular formula is C8H16N4O. The summed E-state index contributed by atoms with van der Waals surface area (Å²) in [6.07, 6.45) is 0. The van der Waals surface area contributed by atoms with E-state index >= 15 is 0 Å². The average Bonchev–Trinajstić information content (AvgIpc) is 2.48. The van der Waals surface area contributed by atoms with Crippen LogP contribution < -0.4 is 5.73 Å². The van der Waals surface area contributed by atoms with E-state index in [0.717, 1.165) is 11.4 Å². The van der Waals surface area contributed by atoms with Gasteiger partial charge in [0.15, 0.2) is 0 Å². The second-order valence-electron chi connectivity index (χ2n) is 3.16. The first-order valence-electron chi connectivity index (χ1n) is 4.32. The zero-order chi connectivity index (χ0) is 9.84. The number of hydrogen-bond donors (Lipinski definition) is 1. The van der Waals surface area contributed by atoms with Crippen LogP contribution in [-0.4, -0.2) is 22.1 Å². The first-order valence-corrected chi connectivity index (χ1v) is 4.32. The predicted molar refractivity (Wildman–Crippen MR) is 49.0 cm³/mol. The second kappa shape index (κ2) is 4.34. The lowest BCUT2D eigenvalue weighted by molar-refractivity contribution is 0.174. The lowest BCUT2D eigenvalue weighted by atomic mass is 10.3. The maximum atomic E-state index is 5.52. The summed E-state index contributed by atoms with van der Waals surface area (Å²) in [4.78, 5) is 0. The van der Waals surface area contributed by atoms with Crippen molar-refractivity contribution in [2.24, 2.45) is 5.73 Å². The van der Waals surface area contributed by atoms with Crippen molar-refractivity contribution in [3.63, 3.8) is 0 Å². The van der Waals surface area contributed by atoms with Gasteiger partial charge in [0.2, 0.25) is 0 Å². The first-order chi connectivity index (χ1) is 6.20. The van der Waals surface area contributed by atoms with Crippen LogP contribution in [0.5, 0.6) is 0 Å². The highest BCUT2D eigenvalue weighted by atomic mass is 16.5. The number of nitrogens with two attached hydrogens (primary N) is 1. The molecule has 1 aromatic rings. The summed E-state index contributed by atoms with van der Waals surface area (Å²) in [5.41, 5.74) is 7.31. The SMILES string of the molecule is COCc1c(CN)nnn1C(C)C. The van der Waals surface area contributed by atoms with Crippen LogP contribution in [0.25, 0.3) is 0 Å². The summed E-state index contributed by atoms with van der Waals surface area (Å²) in [7, 11) is 1.65. The molecule has 0 aliphatic rings. The number of nitrogens with zero attached hydrogens (tertiary/aromatic N) is 3. The highest BCUT2D eigenvalue weighted by molar-refractivity contribution is 5.09. The Hall–Kier alpha value is -0.940. The summed E-state index contributed by atoms with van der Waals surface area (Å²) in [6, 6.07) is 0.290. The normalized spacial score (nSPS) is 11.2. The average molecular weight is 184 g/mol. The Labute approximate surface area is 77.9 Å². The Morgan fingerprint density at radius 2 is 2.23 bits per heavy atom. The zero-order valence-electron chi connectivity index (χ0n) is 8.32. The largest absolute Gasteiger partial charge is 0.378 e. The highest BCUT2D eigenvalue weighted by Gasteiger charge is 2.12. The van der Waals surface area contributed by atoms with Crippen LogP contribution in [0.15, 0.2) is 0 Å². The van der Waals surface area contributed by atoms with Gasteiger partial charge in [-0.1, -0.05) is 5.21 Å². The van der Waals surface area contributed by atoms with E-state index in [2.05, 4.69) is 10.3 Å². The molecule has 0 bridgehead atoms. The molecule has 1 heterocycles. The summed E-state index contributed by atoms with van der Waals surface area (Å²) >= 11 is 0. The fourth-order valence-corrected chi connectivity index (χ4v) is 1.21. The van der Waals surface area contributed by atoms with Crippen molar-refractivity contribution in [1.29, 1.82) is 0 Å². The molecule has 0 spiro atoms. The van der Waals surface area contributed by atoms with Gasteiger partial charge in [-0.3, -0.25) is 0 Å². The van der Waals surface area contributed by atoms with Crippen molar-refractivity contribution in [2.45, 2.75) is 33.0 Å². The van der Waals surface area contributed by atoms with Crippen LogP contribution in [0, 0.1) is 0 Å². The molecule has 5 nitrogen and oxygen atoms in total. The smallest absolute Gasteiger partial charge is 0.102 e. The molecule has 1 rings (SSSR count). The van der Waals surface area contributed by atoms with Crippen molar-refractivity contribution in [1.82, 2.24) is 15.0 Å². The molecule has 0 aliphatic carbocycles. The molecule has 0 amide bonds. The summed E-state index contributed by atoms with van der Waals surface area (Å²) in [5, 5.41) is 7.99. The predicted octanol–water partition coefficient (Wildman–Crippen LogP) is 0.464. The Morgan fingerprint density at radius 1 is 1.54 bits per heavy atom. The van der Waals surface area contributed by atoms with E-state index in [1.54, 1.807) is 7.11 Å². The van der Waals surface area contributed by atoms with Gasteiger partial charge in [-0.25, -0.2) is 4.68 Å². The number of ether oxygens (including phenoxy) is 1. The fourth-order valence-electron chi connectivity index (χ4n) is 1.21.